The highest BCUT2D eigenvalue weighted by molar-refractivity contribution is 6.30. The number of aliphatic hydroxyl groups excluding tert-OH is 1. The molecule has 1 saturated heterocycles. The van der Waals surface area contributed by atoms with Gasteiger partial charge in [-0.25, -0.2) is 24.1 Å². The number of aromatic nitrogens is 3. The number of ether oxygens (including phenoxy) is 1. The Morgan fingerprint density at radius 3 is 2.69 bits per heavy atom. The zero-order valence-corrected chi connectivity index (χ0v) is 18.3. The van der Waals surface area contributed by atoms with Gasteiger partial charge >= 0.3 is 6.09 Å². The van der Waals surface area contributed by atoms with Crippen molar-refractivity contribution in [3.05, 3.63) is 52.9 Å². The van der Waals surface area contributed by atoms with Gasteiger partial charge in [-0.05, 0) is 45.0 Å². The van der Waals surface area contributed by atoms with Crippen LogP contribution in [0.4, 0.5) is 21.0 Å². The molecule has 32 heavy (non-hydrogen) atoms. The van der Waals surface area contributed by atoms with Crippen LogP contribution in [0.1, 0.15) is 31.5 Å². The number of benzene rings is 1. The molecular formula is C21H21ClFN5O4. The van der Waals surface area contributed by atoms with Crippen molar-refractivity contribution < 1.29 is 23.4 Å². The lowest BCUT2D eigenvalue weighted by Gasteiger charge is -2.23. The number of carbonyl (C=O) groups excluding carboxylic acids is 1. The van der Waals surface area contributed by atoms with Crippen LogP contribution in [0.2, 0.25) is 5.02 Å². The van der Waals surface area contributed by atoms with Crippen LogP contribution >= 0.6 is 11.6 Å². The summed E-state index contributed by atoms with van der Waals surface area (Å²) in [5, 5.41) is 13.5. The average molecular weight is 462 g/mol. The number of aliphatic hydroxyl groups is 1. The number of oxazole rings is 1. The Morgan fingerprint density at radius 1 is 1.28 bits per heavy atom. The van der Waals surface area contributed by atoms with Gasteiger partial charge in [0.1, 0.15) is 18.7 Å². The van der Waals surface area contributed by atoms with Crippen LogP contribution < -0.4 is 10.2 Å². The molecule has 0 aliphatic carbocycles. The van der Waals surface area contributed by atoms with Gasteiger partial charge in [0.15, 0.2) is 17.4 Å². The van der Waals surface area contributed by atoms with Crippen molar-refractivity contribution in [3.63, 3.8) is 0 Å². The van der Waals surface area contributed by atoms with Crippen LogP contribution in [0.15, 0.2) is 34.9 Å². The maximum absolute atomic E-state index is 14.4. The number of hydrogen-bond donors (Lipinski definition) is 2. The number of carbonyl (C=O) groups is 1. The molecule has 2 aromatic heterocycles. The number of aryl methyl sites for hydroxylation is 1. The van der Waals surface area contributed by atoms with Gasteiger partial charge in [-0.1, -0.05) is 11.6 Å². The second kappa shape index (κ2) is 8.71. The van der Waals surface area contributed by atoms with Gasteiger partial charge in [0.25, 0.3) is 0 Å². The van der Waals surface area contributed by atoms with Crippen molar-refractivity contribution in [1.29, 1.82) is 0 Å². The van der Waals surface area contributed by atoms with Crippen molar-refractivity contribution in [1.82, 2.24) is 15.0 Å². The van der Waals surface area contributed by atoms with Gasteiger partial charge in [-0.15, -0.1) is 0 Å². The molecule has 9 nitrogen and oxygen atoms in total. The fourth-order valence-electron chi connectivity index (χ4n) is 3.36. The largest absolute Gasteiger partial charge is 0.447 e. The number of anilines is 2. The molecule has 11 heteroatoms. The summed E-state index contributed by atoms with van der Waals surface area (Å²) in [5.74, 6) is -0.0601. The topological polar surface area (TPSA) is 114 Å². The van der Waals surface area contributed by atoms with E-state index in [9.17, 15) is 14.3 Å². The average Bonchev–Trinajstić information content (AvgIpc) is 3.33. The number of rotatable bonds is 6. The van der Waals surface area contributed by atoms with Gasteiger partial charge in [0, 0.05) is 10.6 Å². The predicted octanol–water partition coefficient (Wildman–Crippen LogP) is 4.11. The Balaban J connectivity index is 1.57. The van der Waals surface area contributed by atoms with Crippen LogP contribution in [0.25, 0.3) is 11.3 Å². The normalized spacial score (nSPS) is 17.9. The van der Waals surface area contributed by atoms with Crippen molar-refractivity contribution in [2.75, 3.05) is 16.8 Å². The lowest BCUT2D eigenvalue weighted by molar-refractivity contribution is 0.142. The highest BCUT2D eigenvalue weighted by Crippen LogP contribution is 2.30. The van der Waals surface area contributed by atoms with E-state index in [4.69, 9.17) is 20.8 Å². The van der Waals surface area contributed by atoms with E-state index in [1.807, 2.05) is 19.1 Å². The minimum absolute atomic E-state index is 0.0573. The molecular weight excluding hydrogens is 441 g/mol. The lowest BCUT2D eigenvalue weighted by atomic mass is 10.1. The Hall–Kier alpha value is -3.24. The van der Waals surface area contributed by atoms with Crippen molar-refractivity contribution in [2.24, 2.45) is 0 Å². The van der Waals surface area contributed by atoms with Gasteiger partial charge in [-0.2, -0.15) is 4.98 Å². The van der Waals surface area contributed by atoms with Gasteiger partial charge in [0.05, 0.1) is 18.0 Å². The van der Waals surface area contributed by atoms with E-state index in [-0.39, 0.29) is 18.4 Å². The third-order valence-electron chi connectivity index (χ3n) is 5.05. The number of hydrogen-bond acceptors (Lipinski definition) is 8. The summed E-state index contributed by atoms with van der Waals surface area (Å²) in [7, 11) is 0. The molecule has 0 bridgehead atoms. The second-order valence-electron chi connectivity index (χ2n) is 7.46. The molecule has 1 aliphatic heterocycles. The van der Waals surface area contributed by atoms with E-state index < -0.39 is 30.1 Å². The zero-order valence-electron chi connectivity index (χ0n) is 17.5. The molecule has 1 fully saturated rings. The van der Waals surface area contributed by atoms with Crippen molar-refractivity contribution in [3.8, 4) is 11.3 Å². The van der Waals surface area contributed by atoms with E-state index >= 15 is 0 Å². The molecule has 0 unspecified atom stereocenters. The number of nitrogens with zero attached hydrogens (tertiary/aromatic N) is 4. The maximum atomic E-state index is 14.4. The van der Waals surface area contributed by atoms with Crippen LogP contribution in [0.3, 0.4) is 0 Å². The standard InChI is InChI=1S/C21H21ClFN5O4/c1-10-17(13-4-6-14(22)7-5-13)32-19(25-10)11(2)26-20-24-8-15(23)18(27-20)28-16(12(3)29)9-31-21(28)30/h4-8,11-12,16,29H,9H2,1-3H3,(H,24,26,27)/t11-,12+,16+/m0/s1. The summed E-state index contributed by atoms with van der Waals surface area (Å²) >= 11 is 5.95. The molecule has 168 valence electrons. The lowest BCUT2D eigenvalue weighted by Crippen LogP contribution is -2.42. The van der Waals surface area contributed by atoms with E-state index in [1.54, 1.807) is 19.1 Å². The fourth-order valence-corrected chi connectivity index (χ4v) is 3.48. The summed E-state index contributed by atoms with van der Waals surface area (Å²) in [4.78, 5) is 25.6. The Bertz CT molecular complexity index is 1140. The third-order valence-corrected chi connectivity index (χ3v) is 5.30. The second-order valence-corrected chi connectivity index (χ2v) is 7.90. The van der Waals surface area contributed by atoms with Crippen LogP contribution in [0, 0.1) is 12.7 Å². The first kappa shape index (κ1) is 22.0. The number of amides is 1. The quantitative estimate of drug-likeness (QED) is 0.563. The molecule has 3 heterocycles. The van der Waals surface area contributed by atoms with E-state index in [0.29, 0.717) is 22.4 Å². The van der Waals surface area contributed by atoms with Gasteiger partial charge in [0.2, 0.25) is 11.8 Å². The van der Waals surface area contributed by atoms with Crippen LogP contribution in [-0.2, 0) is 4.74 Å². The molecule has 4 rings (SSSR count). The minimum Gasteiger partial charge on any atom is -0.447 e. The summed E-state index contributed by atoms with van der Waals surface area (Å²) in [6.45, 7) is 5.03. The van der Waals surface area contributed by atoms with Gasteiger partial charge < -0.3 is 19.6 Å². The molecule has 3 aromatic rings. The molecule has 0 spiro atoms. The van der Waals surface area contributed by atoms with E-state index in [1.165, 1.54) is 6.92 Å². The van der Waals surface area contributed by atoms with Crippen LogP contribution in [-0.4, -0.2) is 44.9 Å². The molecule has 1 aromatic carbocycles. The minimum atomic E-state index is -0.937. The molecule has 1 aliphatic rings. The Kier molecular flexibility index (Phi) is 5.98. The van der Waals surface area contributed by atoms with E-state index in [2.05, 4.69) is 20.3 Å². The predicted molar refractivity (Wildman–Crippen MR) is 115 cm³/mol. The fraction of sp³-hybridized carbons (Fsp3) is 0.333. The van der Waals surface area contributed by atoms with Crippen LogP contribution in [0.5, 0.6) is 0 Å². The summed E-state index contributed by atoms with van der Waals surface area (Å²) in [6, 6.07) is 5.97. The first-order valence-electron chi connectivity index (χ1n) is 9.91. The first-order valence-corrected chi connectivity index (χ1v) is 10.3. The van der Waals surface area contributed by atoms with Gasteiger partial charge in [-0.3, -0.25) is 0 Å². The first-order chi connectivity index (χ1) is 15.2. The highest BCUT2D eigenvalue weighted by atomic mass is 35.5. The molecule has 0 radical (unpaired) electrons. The smallest absolute Gasteiger partial charge is 0.416 e. The summed E-state index contributed by atoms with van der Waals surface area (Å²) in [5.41, 5.74) is 1.52. The van der Waals surface area contributed by atoms with E-state index in [0.717, 1.165) is 16.7 Å². The number of halogens is 2. The third kappa shape index (κ3) is 4.23. The summed E-state index contributed by atoms with van der Waals surface area (Å²) in [6.07, 6.45) is -0.779. The summed E-state index contributed by atoms with van der Waals surface area (Å²) < 4.78 is 25.3. The monoisotopic (exact) mass is 461 g/mol. The van der Waals surface area contributed by atoms with Crippen molar-refractivity contribution >= 4 is 29.5 Å². The number of cyclic esters (lactones) is 1. The Morgan fingerprint density at radius 2 is 2.00 bits per heavy atom. The van der Waals surface area contributed by atoms with Crippen molar-refractivity contribution in [2.45, 2.75) is 39.0 Å². The number of nitrogens with one attached hydrogen (secondary N) is 1. The molecule has 0 saturated carbocycles. The maximum Gasteiger partial charge on any atom is 0.416 e. The Labute approximate surface area is 188 Å². The SMILES string of the molecule is Cc1nc([C@H](C)Nc2ncc(F)c(N3C(=O)OC[C@@H]3[C@@H](C)O)n2)oc1-c1ccc(Cl)cc1. The molecule has 2 N–H and O–H groups in total. The molecule has 3 atom stereocenters. The highest BCUT2D eigenvalue weighted by Gasteiger charge is 2.39. The zero-order chi connectivity index (χ0) is 23.0. The molecule has 1 amide bonds.